The van der Waals surface area contributed by atoms with Gasteiger partial charge in [-0.3, -0.25) is 4.98 Å². The van der Waals surface area contributed by atoms with Gasteiger partial charge in [0.1, 0.15) is 0 Å². The quantitative estimate of drug-likeness (QED) is 0.611. The zero-order valence-corrected chi connectivity index (χ0v) is 11.2. The van der Waals surface area contributed by atoms with Crippen LogP contribution in [0.25, 0.3) is 10.9 Å². The Kier molecular flexibility index (Phi) is 5.34. The molecule has 1 aromatic carbocycles. The SMILES string of the molecule is O=P(O)(O)OP(=O)(O)O.c1ccc2ncccc2c1. The number of rotatable bonds is 2. The van der Waals surface area contributed by atoms with E-state index in [1.165, 1.54) is 5.39 Å². The van der Waals surface area contributed by atoms with Crippen LogP contribution in [0, 0.1) is 0 Å². The Balaban J connectivity index is 0.000000192. The molecule has 4 N–H and O–H groups in total. The maximum Gasteiger partial charge on any atom is 0.478 e. The van der Waals surface area contributed by atoms with E-state index in [-0.39, 0.29) is 0 Å². The third-order valence-electron chi connectivity index (χ3n) is 1.72. The van der Waals surface area contributed by atoms with Crippen molar-refractivity contribution >= 4 is 26.5 Å². The van der Waals surface area contributed by atoms with E-state index in [0.29, 0.717) is 0 Å². The maximum absolute atomic E-state index is 9.63. The minimum Gasteiger partial charge on any atom is -0.302 e. The van der Waals surface area contributed by atoms with Gasteiger partial charge >= 0.3 is 15.6 Å². The van der Waals surface area contributed by atoms with Gasteiger partial charge in [0, 0.05) is 11.6 Å². The highest BCUT2D eigenvalue weighted by molar-refractivity contribution is 7.60. The summed E-state index contributed by atoms with van der Waals surface area (Å²) in [6, 6.07) is 12.1. The van der Waals surface area contributed by atoms with Gasteiger partial charge in [-0.15, -0.1) is 0 Å². The topological polar surface area (TPSA) is 137 Å². The van der Waals surface area contributed by atoms with Gasteiger partial charge in [-0.25, -0.2) is 9.13 Å². The Morgan fingerprint density at radius 2 is 1.42 bits per heavy atom. The van der Waals surface area contributed by atoms with Crippen molar-refractivity contribution in [3.63, 3.8) is 0 Å². The van der Waals surface area contributed by atoms with Crippen LogP contribution in [0.2, 0.25) is 0 Å². The number of aromatic nitrogens is 1. The first-order valence-corrected chi connectivity index (χ1v) is 7.86. The minimum atomic E-state index is -5.05. The smallest absolute Gasteiger partial charge is 0.302 e. The van der Waals surface area contributed by atoms with Crippen LogP contribution in [0.1, 0.15) is 0 Å². The molecule has 0 amide bonds. The van der Waals surface area contributed by atoms with E-state index in [4.69, 9.17) is 19.6 Å². The van der Waals surface area contributed by atoms with Crippen molar-refractivity contribution in [3.05, 3.63) is 42.6 Å². The number of para-hydroxylation sites is 1. The third-order valence-corrected chi connectivity index (χ3v) is 3.43. The Morgan fingerprint density at radius 1 is 0.895 bits per heavy atom. The van der Waals surface area contributed by atoms with Gasteiger partial charge in [-0.05, 0) is 12.1 Å². The van der Waals surface area contributed by atoms with Crippen LogP contribution in [-0.4, -0.2) is 24.6 Å². The van der Waals surface area contributed by atoms with Crippen molar-refractivity contribution in [1.82, 2.24) is 4.98 Å². The standard InChI is InChI=1S/C9H7N.H4O7P2/c1-2-6-9-8(4-1)5-3-7-10-9;1-8(2,3)7-9(4,5)6/h1-7H;(H2,1,2,3)(H2,4,5,6). The van der Waals surface area contributed by atoms with Crippen molar-refractivity contribution in [2.45, 2.75) is 0 Å². The first kappa shape index (κ1) is 15.9. The summed E-state index contributed by atoms with van der Waals surface area (Å²) in [5, 5.41) is 1.20. The first-order chi connectivity index (χ1) is 8.67. The monoisotopic (exact) mass is 307 g/mol. The number of hydrogen-bond donors (Lipinski definition) is 4. The molecule has 0 bridgehead atoms. The van der Waals surface area contributed by atoms with E-state index < -0.39 is 15.6 Å². The Morgan fingerprint density at radius 3 is 1.89 bits per heavy atom. The number of hydrogen-bond acceptors (Lipinski definition) is 4. The molecule has 10 heteroatoms. The van der Waals surface area contributed by atoms with Gasteiger partial charge in [0.25, 0.3) is 0 Å². The highest BCUT2D eigenvalue weighted by Gasteiger charge is 2.27. The lowest BCUT2D eigenvalue weighted by molar-refractivity contribution is 0.225. The molecule has 19 heavy (non-hydrogen) atoms. The molecule has 0 saturated carbocycles. The molecule has 104 valence electrons. The summed E-state index contributed by atoms with van der Waals surface area (Å²) in [4.78, 5) is 35.2. The fourth-order valence-electron chi connectivity index (χ4n) is 1.15. The Labute approximate surface area is 108 Å². The average molecular weight is 307 g/mol. The zero-order chi connectivity index (χ0) is 14.5. The van der Waals surface area contributed by atoms with E-state index in [9.17, 15) is 9.13 Å². The zero-order valence-electron chi connectivity index (χ0n) is 9.40. The summed E-state index contributed by atoms with van der Waals surface area (Å²) in [6.45, 7) is 0. The molecule has 1 aromatic heterocycles. The van der Waals surface area contributed by atoms with Crippen LogP contribution in [-0.2, 0) is 13.4 Å². The lowest BCUT2D eigenvalue weighted by Gasteiger charge is -2.03. The molecule has 2 rings (SSSR count). The van der Waals surface area contributed by atoms with E-state index in [0.717, 1.165) is 5.52 Å². The molecule has 8 nitrogen and oxygen atoms in total. The second-order valence-electron chi connectivity index (χ2n) is 3.26. The van der Waals surface area contributed by atoms with Gasteiger partial charge in [-0.1, -0.05) is 24.3 Å². The molecule has 1 heterocycles. The van der Waals surface area contributed by atoms with Gasteiger partial charge < -0.3 is 19.6 Å². The van der Waals surface area contributed by atoms with Crippen molar-refractivity contribution in [2.75, 3.05) is 0 Å². The molecule has 0 radical (unpaired) electrons. The van der Waals surface area contributed by atoms with E-state index >= 15 is 0 Å². The van der Waals surface area contributed by atoms with Crippen molar-refractivity contribution < 1.29 is 33.0 Å². The number of benzene rings is 1. The summed E-state index contributed by atoms with van der Waals surface area (Å²) in [5.74, 6) is 0. The Hall–Kier alpha value is -1.11. The van der Waals surface area contributed by atoms with Crippen LogP contribution < -0.4 is 0 Å². The predicted octanol–water partition coefficient (Wildman–Crippen LogP) is 1.42. The minimum absolute atomic E-state index is 1.06. The predicted molar refractivity (Wildman–Crippen MR) is 66.9 cm³/mol. The first-order valence-electron chi connectivity index (χ1n) is 4.79. The van der Waals surface area contributed by atoms with Crippen LogP contribution >= 0.6 is 15.6 Å². The molecular formula is C9H11NO7P2. The molecule has 0 aliphatic carbocycles. The van der Waals surface area contributed by atoms with Gasteiger partial charge in [-0.2, -0.15) is 4.31 Å². The van der Waals surface area contributed by atoms with Crippen LogP contribution in [0.4, 0.5) is 0 Å². The fourth-order valence-corrected chi connectivity index (χ4v) is 2.26. The van der Waals surface area contributed by atoms with E-state index in [1.54, 1.807) is 0 Å². The molecule has 0 atom stereocenters. The number of pyridine rings is 1. The molecule has 0 fully saturated rings. The average Bonchev–Trinajstić information content (AvgIpc) is 2.25. The highest BCUT2D eigenvalue weighted by Crippen LogP contribution is 2.53. The van der Waals surface area contributed by atoms with E-state index in [1.807, 2.05) is 30.5 Å². The largest absolute Gasteiger partial charge is 0.478 e. The van der Waals surface area contributed by atoms with Crippen LogP contribution in [0.15, 0.2) is 42.6 Å². The molecule has 0 aliphatic heterocycles. The van der Waals surface area contributed by atoms with Crippen molar-refractivity contribution in [1.29, 1.82) is 0 Å². The lowest BCUT2D eigenvalue weighted by Crippen LogP contribution is -1.84. The second-order valence-corrected chi connectivity index (χ2v) is 5.87. The number of nitrogens with zero attached hydrogens (tertiary/aromatic N) is 1. The van der Waals surface area contributed by atoms with Crippen LogP contribution in [0.5, 0.6) is 0 Å². The summed E-state index contributed by atoms with van der Waals surface area (Å²) in [7, 11) is -10.1. The van der Waals surface area contributed by atoms with E-state index in [2.05, 4.69) is 21.4 Å². The molecule has 2 aromatic rings. The molecule has 0 aliphatic rings. The lowest BCUT2D eigenvalue weighted by atomic mass is 10.2. The third kappa shape index (κ3) is 7.15. The summed E-state index contributed by atoms with van der Waals surface area (Å²) in [6.07, 6.45) is 1.81. The molecule has 0 saturated heterocycles. The molecule has 0 spiro atoms. The molecule has 0 unspecified atom stereocenters. The maximum atomic E-state index is 9.63. The summed E-state index contributed by atoms with van der Waals surface area (Å²) in [5.41, 5.74) is 1.06. The second kappa shape index (κ2) is 6.36. The summed E-state index contributed by atoms with van der Waals surface area (Å²) < 4.78 is 22.2. The molecular weight excluding hydrogens is 296 g/mol. The summed E-state index contributed by atoms with van der Waals surface area (Å²) >= 11 is 0. The van der Waals surface area contributed by atoms with Crippen molar-refractivity contribution in [2.24, 2.45) is 0 Å². The highest BCUT2D eigenvalue weighted by atomic mass is 31.3. The number of phosphoric acid groups is 2. The Bertz CT molecular complexity index is 550. The number of fused-ring (bicyclic) bond motifs is 1. The van der Waals surface area contributed by atoms with Crippen molar-refractivity contribution in [3.8, 4) is 0 Å². The normalized spacial score (nSPS) is 11.8. The fraction of sp³-hybridized carbons (Fsp3) is 0. The van der Waals surface area contributed by atoms with Gasteiger partial charge in [0.15, 0.2) is 0 Å². The van der Waals surface area contributed by atoms with Gasteiger partial charge in [0.2, 0.25) is 0 Å². The van der Waals surface area contributed by atoms with Crippen LogP contribution in [0.3, 0.4) is 0 Å². The van der Waals surface area contributed by atoms with Gasteiger partial charge in [0.05, 0.1) is 5.52 Å².